The van der Waals surface area contributed by atoms with Crippen LogP contribution in [0.1, 0.15) is 39.0 Å². The predicted octanol–water partition coefficient (Wildman–Crippen LogP) is 4.85. The molecule has 0 radical (unpaired) electrons. The van der Waals surface area contributed by atoms with Crippen LogP contribution in [0.15, 0.2) is 22.7 Å². The molecule has 2 atom stereocenters. The minimum atomic E-state index is 0.500. The Morgan fingerprint density at radius 3 is 2.76 bits per heavy atom. The Hall–Kier alpha value is -0.250. The zero-order valence-corrected chi connectivity index (χ0v) is 15.0. The van der Waals surface area contributed by atoms with Crippen LogP contribution >= 0.6 is 27.5 Å². The van der Waals surface area contributed by atoms with Gasteiger partial charge in [0, 0.05) is 34.7 Å². The van der Waals surface area contributed by atoms with Gasteiger partial charge in [0.25, 0.3) is 0 Å². The summed E-state index contributed by atoms with van der Waals surface area (Å²) in [4.78, 5) is 2.52. The van der Waals surface area contributed by atoms with Gasteiger partial charge in [-0.1, -0.05) is 30.9 Å². The first-order valence-corrected chi connectivity index (χ1v) is 9.27. The smallest absolute Gasteiger partial charge is 0.0528 e. The highest BCUT2D eigenvalue weighted by Gasteiger charge is 2.31. The predicted molar refractivity (Wildman–Crippen MR) is 94.3 cm³/mol. The quantitative estimate of drug-likeness (QED) is 0.799. The first-order valence-electron chi connectivity index (χ1n) is 8.10. The topological polar surface area (TPSA) is 15.3 Å². The second kappa shape index (κ2) is 6.89. The van der Waals surface area contributed by atoms with Gasteiger partial charge in [0.15, 0.2) is 0 Å². The SMILES string of the molecule is CC1CNC(C2CCCCC2)CN1c1cc(Cl)ccc1Br. The maximum absolute atomic E-state index is 6.21. The number of hydrogen-bond acceptors (Lipinski definition) is 2. The summed E-state index contributed by atoms with van der Waals surface area (Å²) in [5.41, 5.74) is 1.23. The largest absolute Gasteiger partial charge is 0.365 e. The molecular formula is C17H24BrClN2. The summed E-state index contributed by atoms with van der Waals surface area (Å²) in [5, 5.41) is 4.60. The van der Waals surface area contributed by atoms with E-state index in [0.717, 1.165) is 28.5 Å². The van der Waals surface area contributed by atoms with E-state index in [0.29, 0.717) is 12.1 Å². The number of piperazine rings is 1. The highest BCUT2D eigenvalue weighted by atomic mass is 79.9. The Kier molecular flexibility index (Phi) is 5.13. The molecule has 0 aromatic heterocycles. The number of benzene rings is 1. The van der Waals surface area contributed by atoms with E-state index in [4.69, 9.17) is 11.6 Å². The Bertz CT molecular complexity index is 488. The van der Waals surface area contributed by atoms with Gasteiger partial charge >= 0.3 is 0 Å². The van der Waals surface area contributed by atoms with Crippen molar-refractivity contribution < 1.29 is 0 Å². The summed E-state index contributed by atoms with van der Waals surface area (Å²) in [6, 6.07) is 7.21. The lowest BCUT2D eigenvalue weighted by Gasteiger charge is -2.44. The molecule has 1 saturated heterocycles. The van der Waals surface area contributed by atoms with Crippen LogP contribution in [0.3, 0.4) is 0 Å². The van der Waals surface area contributed by atoms with Gasteiger partial charge in [-0.05, 0) is 59.8 Å². The monoisotopic (exact) mass is 370 g/mol. The summed E-state index contributed by atoms with van der Waals surface area (Å²) < 4.78 is 1.14. The van der Waals surface area contributed by atoms with Crippen LogP contribution in [-0.4, -0.2) is 25.2 Å². The second-order valence-corrected chi connectivity index (χ2v) is 7.80. The van der Waals surface area contributed by atoms with Gasteiger partial charge in [0.2, 0.25) is 0 Å². The molecule has 4 heteroatoms. The van der Waals surface area contributed by atoms with Crippen molar-refractivity contribution in [1.82, 2.24) is 5.32 Å². The van der Waals surface area contributed by atoms with E-state index in [1.807, 2.05) is 6.07 Å². The van der Waals surface area contributed by atoms with Crippen molar-refractivity contribution in [2.24, 2.45) is 5.92 Å². The average molecular weight is 372 g/mol. The number of halogens is 2. The van der Waals surface area contributed by atoms with Gasteiger partial charge in [0.05, 0.1) is 5.69 Å². The highest BCUT2D eigenvalue weighted by molar-refractivity contribution is 9.10. The zero-order chi connectivity index (χ0) is 14.8. The van der Waals surface area contributed by atoms with E-state index >= 15 is 0 Å². The summed E-state index contributed by atoms with van der Waals surface area (Å²) >= 11 is 9.89. The minimum absolute atomic E-state index is 0.500. The van der Waals surface area contributed by atoms with Crippen molar-refractivity contribution in [3.8, 4) is 0 Å². The van der Waals surface area contributed by atoms with Gasteiger partial charge < -0.3 is 10.2 Å². The summed E-state index contributed by atoms with van der Waals surface area (Å²) in [7, 11) is 0. The van der Waals surface area contributed by atoms with Crippen molar-refractivity contribution >= 4 is 33.2 Å². The standard InChI is InChI=1S/C17H24BrClN2/c1-12-10-20-16(13-5-3-2-4-6-13)11-21(12)17-9-14(19)7-8-15(17)18/h7-9,12-13,16,20H,2-6,10-11H2,1H3. The molecule has 116 valence electrons. The number of nitrogens with one attached hydrogen (secondary N) is 1. The maximum Gasteiger partial charge on any atom is 0.0528 e. The molecule has 2 fully saturated rings. The minimum Gasteiger partial charge on any atom is -0.365 e. The van der Waals surface area contributed by atoms with Crippen LogP contribution in [0.4, 0.5) is 5.69 Å². The Labute approximate surface area is 141 Å². The summed E-state index contributed by atoms with van der Waals surface area (Å²) in [6.07, 6.45) is 6.99. The van der Waals surface area contributed by atoms with E-state index < -0.39 is 0 Å². The molecule has 1 saturated carbocycles. The first-order chi connectivity index (χ1) is 10.1. The third-order valence-corrected chi connectivity index (χ3v) is 5.94. The molecule has 1 aliphatic heterocycles. The maximum atomic E-state index is 6.21. The fourth-order valence-corrected chi connectivity index (χ4v) is 4.42. The van der Waals surface area contributed by atoms with Crippen molar-refractivity contribution in [1.29, 1.82) is 0 Å². The number of nitrogens with zero attached hydrogens (tertiary/aromatic N) is 1. The van der Waals surface area contributed by atoms with E-state index in [9.17, 15) is 0 Å². The summed E-state index contributed by atoms with van der Waals surface area (Å²) in [6.45, 7) is 4.43. The fourth-order valence-electron chi connectivity index (χ4n) is 3.78. The lowest BCUT2D eigenvalue weighted by Crippen LogP contribution is -2.58. The Morgan fingerprint density at radius 1 is 1.24 bits per heavy atom. The van der Waals surface area contributed by atoms with Crippen LogP contribution in [0.25, 0.3) is 0 Å². The molecule has 2 nitrogen and oxygen atoms in total. The molecule has 1 heterocycles. The van der Waals surface area contributed by atoms with Crippen molar-refractivity contribution in [2.75, 3.05) is 18.0 Å². The Balaban J connectivity index is 1.78. The number of hydrogen-bond donors (Lipinski definition) is 1. The molecular weight excluding hydrogens is 348 g/mol. The molecule has 1 aromatic rings. The van der Waals surface area contributed by atoms with Crippen LogP contribution in [-0.2, 0) is 0 Å². The summed E-state index contributed by atoms with van der Waals surface area (Å²) in [5.74, 6) is 0.840. The van der Waals surface area contributed by atoms with Crippen LogP contribution < -0.4 is 10.2 Å². The van der Waals surface area contributed by atoms with E-state index in [1.54, 1.807) is 0 Å². The Morgan fingerprint density at radius 2 is 2.00 bits per heavy atom. The molecule has 2 aliphatic rings. The lowest BCUT2D eigenvalue weighted by atomic mass is 9.82. The normalized spacial score (nSPS) is 27.9. The van der Waals surface area contributed by atoms with Crippen molar-refractivity contribution in [3.05, 3.63) is 27.7 Å². The van der Waals surface area contributed by atoms with E-state index in [1.165, 1.54) is 37.8 Å². The van der Waals surface area contributed by atoms with Crippen LogP contribution in [0, 0.1) is 5.92 Å². The van der Waals surface area contributed by atoms with Gasteiger partial charge in [-0.3, -0.25) is 0 Å². The second-order valence-electron chi connectivity index (χ2n) is 6.51. The molecule has 1 N–H and O–H groups in total. The molecule has 0 bridgehead atoms. The molecule has 0 amide bonds. The molecule has 3 rings (SSSR count). The zero-order valence-electron chi connectivity index (χ0n) is 12.6. The highest BCUT2D eigenvalue weighted by Crippen LogP contribution is 2.34. The van der Waals surface area contributed by atoms with Gasteiger partial charge in [0.1, 0.15) is 0 Å². The molecule has 1 aliphatic carbocycles. The van der Waals surface area contributed by atoms with Gasteiger partial charge in [-0.2, -0.15) is 0 Å². The number of rotatable bonds is 2. The van der Waals surface area contributed by atoms with Gasteiger partial charge in [-0.25, -0.2) is 0 Å². The third-order valence-electron chi connectivity index (χ3n) is 5.04. The lowest BCUT2D eigenvalue weighted by molar-refractivity contribution is 0.245. The van der Waals surface area contributed by atoms with Crippen LogP contribution in [0.5, 0.6) is 0 Å². The molecule has 0 spiro atoms. The van der Waals surface area contributed by atoms with Crippen molar-refractivity contribution in [3.63, 3.8) is 0 Å². The van der Waals surface area contributed by atoms with E-state index in [2.05, 4.69) is 45.2 Å². The van der Waals surface area contributed by atoms with Gasteiger partial charge in [-0.15, -0.1) is 0 Å². The first kappa shape index (κ1) is 15.6. The van der Waals surface area contributed by atoms with Crippen molar-refractivity contribution in [2.45, 2.75) is 51.1 Å². The van der Waals surface area contributed by atoms with Crippen LogP contribution in [0.2, 0.25) is 5.02 Å². The molecule has 21 heavy (non-hydrogen) atoms. The third kappa shape index (κ3) is 3.57. The fraction of sp³-hybridized carbons (Fsp3) is 0.647. The number of anilines is 1. The average Bonchev–Trinajstić information content (AvgIpc) is 2.51. The molecule has 1 aromatic carbocycles. The molecule has 2 unspecified atom stereocenters. The van der Waals surface area contributed by atoms with E-state index in [-0.39, 0.29) is 0 Å².